The van der Waals surface area contributed by atoms with Gasteiger partial charge in [0.1, 0.15) is 0 Å². The Morgan fingerprint density at radius 2 is 1.20 bits per heavy atom. The Kier molecular flexibility index (Phi) is 4.92. The van der Waals surface area contributed by atoms with Crippen molar-refractivity contribution in [2.45, 2.75) is 11.5 Å². The number of hydrogen-bond acceptors (Lipinski definition) is 4. The fourth-order valence-electron chi connectivity index (χ4n) is 1.85. The third-order valence-electron chi connectivity index (χ3n) is 2.76. The van der Waals surface area contributed by atoms with Crippen molar-refractivity contribution < 1.29 is 0 Å². The molecule has 0 saturated carbocycles. The van der Waals surface area contributed by atoms with Gasteiger partial charge in [-0.2, -0.15) is 0 Å². The van der Waals surface area contributed by atoms with E-state index in [9.17, 15) is 0 Å². The summed E-state index contributed by atoms with van der Waals surface area (Å²) in [4.78, 5) is 0. The number of benzene rings is 2. The van der Waals surface area contributed by atoms with Gasteiger partial charge in [-0.05, 0) is 21.9 Å². The van der Waals surface area contributed by atoms with Gasteiger partial charge in [0.15, 0.2) is 10.3 Å². The molecule has 4 nitrogen and oxygen atoms in total. The van der Waals surface area contributed by atoms with Gasteiger partial charge in [0.2, 0.25) is 0 Å². The van der Waals surface area contributed by atoms with Crippen molar-refractivity contribution in [2.24, 2.45) is 11.5 Å². The minimum absolute atomic E-state index is 0.140. The summed E-state index contributed by atoms with van der Waals surface area (Å²) in [5, 5.41) is 17.1. The molecule has 0 heterocycles. The predicted molar refractivity (Wildman–Crippen MR) is 90.4 cm³/mol. The number of amidine groups is 2. The summed E-state index contributed by atoms with van der Waals surface area (Å²) in [6, 6.07) is 12.5. The zero-order valence-electron chi connectivity index (χ0n) is 10.8. The maximum absolute atomic E-state index is 7.23. The molecule has 6 N–H and O–H groups in total. The number of fused-ring (bicyclic) bond motifs is 1. The van der Waals surface area contributed by atoms with Crippen LogP contribution in [0.1, 0.15) is 11.1 Å². The fraction of sp³-hybridized carbons (Fsp3) is 0.143. The van der Waals surface area contributed by atoms with E-state index in [0.717, 1.165) is 11.1 Å². The molecular weight excluding hydrogens is 288 g/mol. The lowest BCUT2D eigenvalue weighted by Gasteiger charge is -2.06. The third kappa shape index (κ3) is 4.18. The second-order valence-corrected chi connectivity index (χ2v) is 6.36. The predicted octanol–water partition coefficient (Wildman–Crippen LogP) is 3.09. The molecule has 104 valence electrons. The van der Waals surface area contributed by atoms with Crippen LogP contribution >= 0.6 is 23.5 Å². The molecular formula is C14H16N4S2. The number of thioether (sulfide) groups is 2. The smallest absolute Gasteiger partial charge is 0.151 e. The molecule has 0 saturated heterocycles. The lowest BCUT2D eigenvalue weighted by Crippen LogP contribution is -2.03. The summed E-state index contributed by atoms with van der Waals surface area (Å²) in [7, 11) is 0. The van der Waals surface area contributed by atoms with E-state index in [1.807, 2.05) is 0 Å². The lowest BCUT2D eigenvalue weighted by atomic mass is 10.1. The first kappa shape index (κ1) is 14.7. The Bertz CT molecular complexity index is 597. The standard InChI is InChI=1S/C14H16N4S2/c15-13(16)19-7-9-1-3-11-6-10(8-20-14(17)18)2-4-12(11)5-9/h1-6H,7-8H2,(H3,15,16)(H3,17,18). The molecule has 2 aromatic carbocycles. The second-order valence-electron chi connectivity index (χ2n) is 4.32. The van der Waals surface area contributed by atoms with Gasteiger partial charge in [-0.25, -0.2) is 0 Å². The lowest BCUT2D eigenvalue weighted by molar-refractivity contribution is 1.41. The van der Waals surface area contributed by atoms with Gasteiger partial charge >= 0.3 is 0 Å². The molecule has 0 amide bonds. The highest BCUT2D eigenvalue weighted by molar-refractivity contribution is 8.13. The van der Waals surface area contributed by atoms with E-state index < -0.39 is 0 Å². The van der Waals surface area contributed by atoms with E-state index >= 15 is 0 Å². The second kappa shape index (κ2) is 6.67. The monoisotopic (exact) mass is 304 g/mol. The van der Waals surface area contributed by atoms with Crippen LogP contribution in [0.2, 0.25) is 0 Å². The Balaban J connectivity index is 2.16. The van der Waals surface area contributed by atoms with Gasteiger partial charge in [0.05, 0.1) is 0 Å². The Morgan fingerprint density at radius 1 is 0.800 bits per heavy atom. The molecule has 0 spiro atoms. The van der Waals surface area contributed by atoms with Crippen LogP contribution in [0.3, 0.4) is 0 Å². The summed E-state index contributed by atoms with van der Waals surface area (Å²) in [5.74, 6) is 1.43. The van der Waals surface area contributed by atoms with E-state index in [2.05, 4.69) is 36.4 Å². The normalized spacial score (nSPS) is 10.6. The Morgan fingerprint density at radius 3 is 1.55 bits per heavy atom. The van der Waals surface area contributed by atoms with Crippen LogP contribution < -0.4 is 11.5 Å². The first-order valence-electron chi connectivity index (χ1n) is 6.00. The van der Waals surface area contributed by atoms with Crippen molar-refractivity contribution >= 4 is 44.6 Å². The molecule has 2 aromatic rings. The molecule has 0 aliphatic carbocycles. The van der Waals surface area contributed by atoms with Crippen LogP contribution in [0, 0.1) is 10.8 Å². The van der Waals surface area contributed by atoms with Gasteiger partial charge in [0.25, 0.3) is 0 Å². The summed E-state index contributed by atoms with van der Waals surface area (Å²) < 4.78 is 0. The molecule has 0 aromatic heterocycles. The van der Waals surface area contributed by atoms with Crippen LogP contribution in [0.4, 0.5) is 0 Å². The van der Waals surface area contributed by atoms with E-state index in [0.29, 0.717) is 11.5 Å². The van der Waals surface area contributed by atoms with Crippen LogP contribution in [0.15, 0.2) is 36.4 Å². The zero-order valence-corrected chi connectivity index (χ0v) is 12.5. The van der Waals surface area contributed by atoms with E-state index in [-0.39, 0.29) is 10.3 Å². The van der Waals surface area contributed by atoms with Crippen LogP contribution in [0.25, 0.3) is 10.8 Å². The summed E-state index contributed by atoms with van der Waals surface area (Å²) in [6.45, 7) is 0. The molecule has 2 rings (SSSR count). The molecule has 0 radical (unpaired) electrons. The van der Waals surface area contributed by atoms with E-state index in [1.54, 1.807) is 0 Å². The van der Waals surface area contributed by atoms with E-state index in [1.165, 1.54) is 34.3 Å². The largest absolute Gasteiger partial charge is 0.379 e. The van der Waals surface area contributed by atoms with Gasteiger partial charge in [-0.3, -0.25) is 10.8 Å². The summed E-state index contributed by atoms with van der Waals surface area (Å²) in [5.41, 5.74) is 13.0. The number of rotatable bonds is 4. The molecule has 0 aliphatic heterocycles. The van der Waals surface area contributed by atoms with Gasteiger partial charge in [-0.1, -0.05) is 59.9 Å². The van der Waals surface area contributed by atoms with Crippen molar-refractivity contribution in [3.05, 3.63) is 47.5 Å². The van der Waals surface area contributed by atoms with Crippen LogP contribution in [0.5, 0.6) is 0 Å². The number of nitrogens with one attached hydrogen (secondary N) is 2. The minimum atomic E-state index is 0.140. The van der Waals surface area contributed by atoms with Crippen molar-refractivity contribution in [2.75, 3.05) is 0 Å². The Hall–Kier alpha value is -1.66. The highest BCUT2D eigenvalue weighted by Crippen LogP contribution is 2.22. The minimum Gasteiger partial charge on any atom is -0.379 e. The Labute approximate surface area is 126 Å². The topological polar surface area (TPSA) is 99.7 Å². The molecule has 6 heteroatoms. The van der Waals surface area contributed by atoms with Crippen molar-refractivity contribution in [3.8, 4) is 0 Å². The van der Waals surface area contributed by atoms with Gasteiger partial charge in [-0.15, -0.1) is 0 Å². The molecule has 20 heavy (non-hydrogen) atoms. The summed E-state index contributed by atoms with van der Waals surface area (Å²) >= 11 is 2.66. The first-order valence-corrected chi connectivity index (χ1v) is 7.97. The number of hydrogen-bond donors (Lipinski definition) is 4. The zero-order chi connectivity index (χ0) is 14.5. The maximum Gasteiger partial charge on any atom is 0.151 e. The average molecular weight is 304 g/mol. The van der Waals surface area contributed by atoms with Crippen LogP contribution in [-0.2, 0) is 11.5 Å². The first-order chi connectivity index (χ1) is 9.54. The highest BCUT2D eigenvalue weighted by atomic mass is 32.2. The molecule has 0 bridgehead atoms. The SMILES string of the molecule is N=C(N)SCc1ccc2cc(CSC(=N)N)ccc2c1. The van der Waals surface area contributed by atoms with Gasteiger partial charge < -0.3 is 11.5 Å². The maximum atomic E-state index is 7.23. The molecule has 0 aliphatic rings. The van der Waals surface area contributed by atoms with Crippen LogP contribution in [-0.4, -0.2) is 10.3 Å². The molecule has 0 unspecified atom stereocenters. The van der Waals surface area contributed by atoms with Crippen molar-refractivity contribution in [1.82, 2.24) is 0 Å². The van der Waals surface area contributed by atoms with E-state index in [4.69, 9.17) is 22.3 Å². The van der Waals surface area contributed by atoms with Crippen molar-refractivity contribution in [3.63, 3.8) is 0 Å². The third-order valence-corrected chi connectivity index (χ3v) is 4.34. The molecule has 0 atom stereocenters. The van der Waals surface area contributed by atoms with Gasteiger partial charge in [0, 0.05) is 11.5 Å². The average Bonchev–Trinajstić information content (AvgIpc) is 2.42. The van der Waals surface area contributed by atoms with Crippen molar-refractivity contribution in [1.29, 1.82) is 10.8 Å². The molecule has 0 fully saturated rings. The summed E-state index contributed by atoms with van der Waals surface area (Å²) in [6.07, 6.45) is 0. The fourth-order valence-corrected chi connectivity index (χ4v) is 2.85. The highest BCUT2D eigenvalue weighted by Gasteiger charge is 2.01. The number of nitrogens with two attached hydrogens (primary N) is 2. The quantitative estimate of drug-likeness (QED) is 0.515.